The molecule has 0 saturated heterocycles. The van der Waals surface area contributed by atoms with Crippen molar-refractivity contribution in [2.75, 3.05) is 11.5 Å². The van der Waals surface area contributed by atoms with Gasteiger partial charge in [0.15, 0.2) is 0 Å². The molecule has 0 fully saturated rings. The minimum absolute atomic E-state index is 0.152. The van der Waals surface area contributed by atoms with Crippen LogP contribution in [0.5, 0.6) is 0 Å². The first-order chi connectivity index (χ1) is 7.02. The number of Topliss-reactive ketones (excluding diaryl/α,β-unsaturated/α-hetero) is 1. The third-order valence-corrected chi connectivity index (χ3v) is 4.19. The lowest BCUT2D eigenvalue weighted by molar-refractivity contribution is -0.118. The van der Waals surface area contributed by atoms with Gasteiger partial charge in [0.25, 0.3) is 0 Å². The molecule has 0 aliphatic heterocycles. The molecule has 0 unspecified atom stereocenters. The number of ketones is 1. The fourth-order valence-corrected chi connectivity index (χ4v) is 2.77. The zero-order valence-corrected chi connectivity index (χ0v) is 10.6. The first-order valence-corrected chi connectivity index (χ1v) is 7.56. The Morgan fingerprint density at radius 3 is 2.13 bits per heavy atom. The number of carbonyl (C=O) groups excluding carboxylic acids is 1. The summed E-state index contributed by atoms with van der Waals surface area (Å²) in [7, 11) is -2.91. The van der Waals surface area contributed by atoms with Gasteiger partial charge < -0.3 is 0 Å². The molecule has 0 amide bonds. The van der Waals surface area contributed by atoms with Gasteiger partial charge >= 0.3 is 0 Å². The summed E-state index contributed by atoms with van der Waals surface area (Å²) in [4.78, 5) is 11.0. The molecule has 0 aromatic rings. The van der Waals surface area contributed by atoms with Crippen molar-refractivity contribution in [3.8, 4) is 0 Å². The highest BCUT2D eigenvalue weighted by Crippen LogP contribution is 2.04. The third-order valence-electron chi connectivity index (χ3n) is 2.36. The van der Waals surface area contributed by atoms with Gasteiger partial charge in [0.2, 0.25) is 0 Å². The molecule has 0 spiro atoms. The smallest absolute Gasteiger partial charge is 0.150 e. The van der Waals surface area contributed by atoms with Gasteiger partial charge in [0.1, 0.15) is 15.6 Å². The van der Waals surface area contributed by atoms with Crippen LogP contribution in [-0.4, -0.2) is 25.7 Å². The van der Waals surface area contributed by atoms with Gasteiger partial charge in [-0.15, -0.1) is 0 Å². The molecule has 0 aliphatic rings. The van der Waals surface area contributed by atoms with Crippen molar-refractivity contribution in [2.45, 2.75) is 52.4 Å². The van der Waals surface area contributed by atoms with Crippen molar-refractivity contribution in [2.24, 2.45) is 0 Å². The van der Waals surface area contributed by atoms with Crippen LogP contribution in [0, 0.1) is 0 Å². The molecule has 0 aromatic carbocycles. The highest BCUT2D eigenvalue weighted by molar-refractivity contribution is 7.91. The zero-order chi connectivity index (χ0) is 11.7. The SMILES string of the molecule is CCCCCS(=O)(=O)CCCC(=O)CC. The quantitative estimate of drug-likeness (QED) is 0.575. The maximum Gasteiger partial charge on any atom is 0.150 e. The molecule has 0 atom stereocenters. The average molecular weight is 234 g/mol. The number of unbranched alkanes of at least 4 members (excludes halogenated alkanes) is 2. The molecule has 4 heteroatoms. The molecule has 0 saturated carbocycles. The highest BCUT2D eigenvalue weighted by atomic mass is 32.2. The van der Waals surface area contributed by atoms with E-state index in [-0.39, 0.29) is 17.3 Å². The fraction of sp³-hybridized carbons (Fsp3) is 0.909. The van der Waals surface area contributed by atoms with Crippen molar-refractivity contribution in [3.05, 3.63) is 0 Å². The van der Waals surface area contributed by atoms with Crippen LogP contribution in [0.15, 0.2) is 0 Å². The fourth-order valence-electron chi connectivity index (χ4n) is 1.34. The number of hydrogen-bond acceptors (Lipinski definition) is 3. The molecule has 0 N–H and O–H groups in total. The van der Waals surface area contributed by atoms with E-state index in [1.165, 1.54) is 0 Å². The Balaban J connectivity index is 3.70. The molecule has 0 aromatic heterocycles. The van der Waals surface area contributed by atoms with Crippen LogP contribution in [0.2, 0.25) is 0 Å². The van der Waals surface area contributed by atoms with Crippen LogP contribution < -0.4 is 0 Å². The lowest BCUT2D eigenvalue weighted by atomic mass is 10.2. The van der Waals surface area contributed by atoms with Gasteiger partial charge in [-0.05, 0) is 12.8 Å². The molecule has 0 rings (SSSR count). The Morgan fingerprint density at radius 2 is 1.60 bits per heavy atom. The molecule has 0 bridgehead atoms. The third kappa shape index (κ3) is 8.60. The molecular weight excluding hydrogens is 212 g/mol. The maximum absolute atomic E-state index is 11.5. The van der Waals surface area contributed by atoms with E-state index in [2.05, 4.69) is 0 Å². The zero-order valence-electron chi connectivity index (χ0n) is 9.79. The van der Waals surface area contributed by atoms with E-state index in [1.54, 1.807) is 6.92 Å². The first kappa shape index (κ1) is 14.6. The largest absolute Gasteiger partial charge is 0.300 e. The topological polar surface area (TPSA) is 51.2 Å². The van der Waals surface area contributed by atoms with Crippen LogP contribution in [-0.2, 0) is 14.6 Å². The monoisotopic (exact) mass is 234 g/mol. The van der Waals surface area contributed by atoms with Gasteiger partial charge in [-0.1, -0.05) is 26.7 Å². The van der Waals surface area contributed by atoms with Gasteiger partial charge in [0, 0.05) is 12.8 Å². The first-order valence-electron chi connectivity index (χ1n) is 5.74. The molecule has 0 heterocycles. The Morgan fingerprint density at radius 1 is 1.00 bits per heavy atom. The van der Waals surface area contributed by atoms with Crippen molar-refractivity contribution in [1.29, 1.82) is 0 Å². The van der Waals surface area contributed by atoms with Crippen molar-refractivity contribution in [1.82, 2.24) is 0 Å². The summed E-state index contributed by atoms with van der Waals surface area (Å²) in [6.45, 7) is 3.85. The standard InChI is InChI=1S/C11H22O3S/c1-3-5-6-9-15(13,14)10-7-8-11(12)4-2/h3-10H2,1-2H3. The summed E-state index contributed by atoms with van der Waals surface area (Å²) < 4.78 is 22.9. The maximum atomic E-state index is 11.5. The lowest BCUT2D eigenvalue weighted by Gasteiger charge is -2.02. The second kappa shape index (κ2) is 7.85. The average Bonchev–Trinajstić information content (AvgIpc) is 2.17. The van der Waals surface area contributed by atoms with Gasteiger partial charge in [-0.25, -0.2) is 8.42 Å². The number of carbonyl (C=O) groups is 1. The Kier molecular flexibility index (Phi) is 7.65. The van der Waals surface area contributed by atoms with E-state index in [9.17, 15) is 13.2 Å². The summed E-state index contributed by atoms with van der Waals surface area (Å²) in [5, 5.41) is 0. The van der Waals surface area contributed by atoms with Crippen molar-refractivity contribution in [3.63, 3.8) is 0 Å². The normalized spacial score (nSPS) is 11.6. The summed E-state index contributed by atoms with van der Waals surface area (Å²) in [6.07, 6.45) is 4.15. The summed E-state index contributed by atoms with van der Waals surface area (Å²) in [5.74, 6) is 0.600. The summed E-state index contributed by atoms with van der Waals surface area (Å²) >= 11 is 0. The Hall–Kier alpha value is -0.380. The predicted octanol–water partition coefficient (Wildman–Crippen LogP) is 2.35. The molecule has 0 aliphatic carbocycles. The number of hydrogen-bond donors (Lipinski definition) is 0. The molecule has 90 valence electrons. The highest BCUT2D eigenvalue weighted by Gasteiger charge is 2.10. The number of rotatable bonds is 9. The van der Waals surface area contributed by atoms with E-state index < -0.39 is 9.84 Å². The Bertz CT molecular complexity index is 268. The van der Waals surface area contributed by atoms with E-state index in [0.717, 1.165) is 19.3 Å². The van der Waals surface area contributed by atoms with Crippen LogP contribution in [0.25, 0.3) is 0 Å². The van der Waals surface area contributed by atoms with E-state index in [4.69, 9.17) is 0 Å². The molecule has 15 heavy (non-hydrogen) atoms. The van der Waals surface area contributed by atoms with Crippen molar-refractivity contribution < 1.29 is 13.2 Å². The van der Waals surface area contributed by atoms with Crippen LogP contribution in [0.1, 0.15) is 52.4 Å². The van der Waals surface area contributed by atoms with Crippen LogP contribution >= 0.6 is 0 Å². The minimum atomic E-state index is -2.91. The van der Waals surface area contributed by atoms with Crippen molar-refractivity contribution >= 4 is 15.6 Å². The van der Waals surface area contributed by atoms with Crippen LogP contribution in [0.3, 0.4) is 0 Å². The second-order valence-corrected chi connectivity index (χ2v) is 6.16. The van der Waals surface area contributed by atoms with Crippen LogP contribution in [0.4, 0.5) is 0 Å². The van der Waals surface area contributed by atoms with Gasteiger partial charge in [0.05, 0.1) is 11.5 Å². The van der Waals surface area contributed by atoms with E-state index >= 15 is 0 Å². The summed E-state index contributed by atoms with van der Waals surface area (Å²) in [6, 6.07) is 0. The number of sulfone groups is 1. The van der Waals surface area contributed by atoms with Gasteiger partial charge in [-0.2, -0.15) is 0 Å². The molecule has 3 nitrogen and oxygen atoms in total. The van der Waals surface area contributed by atoms with E-state index in [1.807, 2.05) is 6.92 Å². The predicted molar refractivity (Wildman–Crippen MR) is 62.7 cm³/mol. The van der Waals surface area contributed by atoms with Gasteiger partial charge in [-0.3, -0.25) is 4.79 Å². The molecular formula is C11H22O3S. The van der Waals surface area contributed by atoms with E-state index in [0.29, 0.717) is 19.3 Å². The second-order valence-electron chi connectivity index (χ2n) is 3.85. The summed E-state index contributed by atoms with van der Waals surface area (Å²) in [5.41, 5.74) is 0. The minimum Gasteiger partial charge on any atom is -0.300 e. The Labute approximate surface area is 93.2 Å². The molecule has 0 radical (unpaired) electrons. The lowest BCUT2D eigenvalue weighted by Crippen LogP contribution is -2.12.